The molecule has 78 valence electrons. The third kappa shape index (κ3) is 2.70. The number of nitrogens with two attached hydrogens (primary N) is 1. The number of carbonyl (C=O) groups excluding carboxylic acids is 1. The fourth-order valence-electron chi connectivity index (χ4n) is 1.57. The Balaban J connectivity index is 2.54. The van der Waals surface area contributed by atoms with Gasteiger partial charge in [0.25, 0.3) is 0 Å². The van der Waals surface area contributed by atoms with Crippen LogP contribution in [0, 0.1) is 0 Å². The Labute approximate surface area is 85.1 Å². The molecule has 3 N–H and O–H groups in total. The molecule has 0 saturated carbocycles. The number of hydrogen-bond acceptors (Lipinski definition) is 3. The van der Waals surface area contributed by atoms with Crippen LogP contribution in [0.15, 0.2) is 23.4 Å². The van der Waals surface area contributed by atoms with Crippen molar-refractivity contribution in [3.63, 3.8) is 0 Å². The molecule has 0 aromatic carbocycles. The van der Waals surface area contributed by atoms with E-state index < -0.39 is 0 Å². The van der Waals surface area contributed by atoms with E-state index in [1.165, 1.54) is 11.1 Å². The summed E-state index contributed by atoms with van der Waals surface area (Å²) < 4.78 is 0. The minimum Gasteiger partial charge on any atom is -0.381 e. The summed E-state index contributed by atoms with van der Waals surface area (Å²) in [4.78, 5) is 11.0. The molecule has 1 aliphatic carbocycles. The summed E-state index contributed by atoms with van der Waals surface area (Å²) in [5, 5.41) is 3.14. The molecule has 0 bridgehead atoms. The number of hydrogen-bond donors (Lipinski definition) is 2. The summed E-state index contributed by atoms with van der Waals surface area (Å²) in [5.41, 5.74) is 8.77. The SMILES string of the molecule is C=C1CCCC(NCC(=O)CN)=C1C. The van der Waals surface area contributed by atoms with E-state index in [0.29, 0.717) is 6.54 Å². The molecule has 1 rings (SSSR count). The van der Waals surface area contributed by atoms with Gasteiger partial charge in [0.1, 0.15) is 0 Å². The molecule has 0 amide bonds. The second-order valence-electron chi connectivity index (χ2n) is 3.66. The third-order valence-corrected chi connectivity index (χ3v) is 2.61. The second-order valence-corrected chi connectivity index (χ2v) is 3.66. The van der Waals surface area contributed by atoms with Crippen LogP contribution < -0.4 is 11.1 Å². The van der Waals surface area contributed by atoms with Crippen molar-refractivity contribution >= 4 is 5.78 Å². The number of carbonyl (C=O) groups is 1. The van der Waals surface area contributed by atoms with Crippen LogP contribution in [0.1, 0.15) is 26.2 Å². The van der Waals surface area contributed by atoms with Crippen molar-refractivity contribution in [2.75, 3.05) is 13.1 Å². The van der Waals surface area contributed by atoms with Crippen molar-refractivity contribution in [3.8, 4) is 0 Å². The molecule has 0 aromatic rings. The molecule has 0 heterocycles. The van der Waals surface area contributed by atoms with E-state index in [4.69, 9.17) is 5.73 Å². The minimum atomic E-state index is 0.0430. The lowest BCUT2D eigenvalue weighted by molar-refractivity contribution is -0.116. The second kappa shape index (κ2) is 4.96. The summed E-state index contributed by atoms with van der Waals surface area (Å²) in [6.45, 7) is 6.49. The first kappa shape index (κ1) is 11.0. The maximum atomic E-state index is 11.0. The molecular weight excluding hydrogens is 176 g/mol. The first-order valence-electron chi connectivity index (χ1n) is 4.98. The normalized spacial score (nSPS) is 17.1. The molecule has 0 atom stereocenters. The molecule has 0 aliphatic heterocycles. The molecule has 3 nitrogen and oxygen atoms in total. The highest BCUT2D eigenvalue weighted by Gasteiger charge is 2.12. The average molecular weight is 194 g/mol. The Morgan fingerprint density at radius 3 is 2.93 bits per heavy atom. The molecule has 14 heavy (non-hydrogen) atoms. The summed E-state index contributed by atoms with van der Waals surface area (Å²) in [7, 11) is 0. The van der Waals surface area contributed by atoms with Crippen molar-refractivity contribution in [2.24, 2.45) is 5.73 Å². The lowest BCUT2D eigenvalue weighted by atomic mass is 9.93. The van der Waals surface area contributed by atoms with Gasteiger partial charge in [-0.15, -0.1) is 0 Å². The predicted octanol–water partition coefficient (Wildman–Crippen LogP) is 1.12. The van der Waals surface area contributed by atoms with Gasteiger partial charge in [0, 0.05) is 5.70 Å². The maximum Gasteiger partial charge on any atom is 0.165 e. The Morgan fingerprint density at radius 1 is 1.57 bits per heavy atom. The van der Waals surface area contributed by atoms with Crippen LogP contribution in [0.25, 0.3) is 0 Å². The van der Waals surface area contributed by atoms with Crippen molar-refractivity contribution in [2.45, 2.75) is 26.2 Å². The summed E-state index contributed by atoms with van der Waals surface area (Å²) in [5.74, 6) is 0.0430. The standard InChI is InChI=1S/C11H18N2O/c1-8-4-3-5-11(9(8)2)13-7-10(14)6-12/h13H,1,3-7,12H2,2H3. The summed E-state index contributed by atoms with van der Waals surface area (Å²) in [6, 6.07) is 0. The highest BCUT2D eigenvalue weighted by molar-refractivity contribution is 5.82. The molecule has 0 unspecified atom stereocenters. The number of allylic oxidation sites excluding steroid dienone is 3. The fraction of sp³-hybridized carbons (Fsp3) is 0.545. The zero-order chi connectivity index (χ0) is 10.6. The van der Waals surface area contributed by atoms with Gasteiger partial charge in [0.15, 0.2) is 5.78 Å². The molecule has 0 fully saturated rings. The molecule has 0 radical (unpaired) electrons. The zero-order valence-corrected chi connectivity index (χ0v) is 8.73. The van der Waals surface area contributed by atoms with Crippen LogP contribution in [0.2, 0.25) is 0 Å². The number of Topliss-reactive ketones (excluding diaryl/α,β-unsaturated/α-hetero) is 1. The lowest BCUT2D eigenvalue weighted by Gasteiger charge is -2.20. The molecule has 1 aliphatic rings. The molecule has 0 aromatic heterocycles. The third-order valence-electron chi connectivity index (χ3n) is 2.61. The van der Waals surface area contributed by atoms with Crippen LogP contribution in [0.5, 0.6) is 0 Å². The van der Waals surface area contributed by atoms with E-state index in [1.807, 2.05) is 0 Å². The van der Waals surface area contributed by atoms with Gasteiger partial charge in [0.2, 0.25) is 0 Å². The van der Waals surface area contributed by atoms with Gasteiger partial charge in [-0.25, -0.2) is 0 Å². The first-order chi connectivity index (χ1) is 6.65. The minimum absolute atomic E-state index is 0.0430. The van der Waals surface area contributed by atoms with Crippen LogP contribution in [-0.4, -0.2) is 18.9 Å². The van der Waals surface area contributed by atoms with Gasteiger partial charge in [-0.05, 0) is 31.8 Å². The summed E-state index contributed by atoms with van der Waals surface area (Å²) in [6.07, 6.45) is 3.21. The smallest absolute Gasteiger partial charge is 0.165 e. The van der Waals surface area contributed by atoms with Crippen LogP contribution in [0.4, 0.5) is 0 Å². The number of nitrogens with one attached hydrogen (secondary N) is 1. The van der Waals surface area contributed by atoms with Crippen molar-refractivity contribution in [1.82, 2.24) is 5.32 Å². The van der Waals surface area contributed by atoms with Gasteiger partial charge < -0.3 is 11.1 Å². The average Bonchev–Trinajstić information content (AvgIpc) is 2.20. The van der Waals surface area contributed by atoms with E-state index in [-0.39, 0.29) is 12.3 Å². The van der Waals surface area contributed by atoms with E-state index >= 15 is 0 Å². The largest absolute Gasteiger partial charge is 0.381 e. The maximum absolute atomic E-state index is 11.0. The van der Waals surface area contributed by atoms with Gasteiger partial charge in [-0.2, -0.15) is 0 Å². The van der Waals surface area contributed by atoms with Crippen molar-refractivity contribution < 1.29 is 4.79 Å². The van der Waals surface area contributed by atoms with Gasteiger partial charge in [-0.3, -0.25) is 4.79 Å². The molecule has 3 heteroatoms. The van der Waals surface area contributed by atoms with Crippen molar-refractivity contribution in [3.05, 3.63) is 23.4 Å². The lowest BCUT2D eigenvalue weighted by Crippen LogP contribution is -2.29. The van der Waals surface area contributed by atoms with Crippen molar-refractivity contribution in [1.29, 1.82) is 0 Å². The zero-order valence-electron chi connectivity index (χ0n) is 8.73. The summed E-state index contributed by atoms with van der Waals surface area (Å²) >= 11 is 0. The first-order valence-corrected chi connectivity index (χ1v) is 4.98. The Kier molecular flexibility index (Phi) is 3.89. The fourth-order valence-corrected chi connectivity index (χ4v) is 1.57. The molecule has 0 spiro atoms. The molecular formula is C11H18N2O. The topological polar surface area (TPSA) is 55.1 Å². The van der Waals surface area contributed by atoms with Gasteiger partial charge >= 0.3 is 0 Å². The van der Waals surface area contributed by atoms with Gasteiger partial charge in [-0.1, -0.05) is 12.2 Å². The van der Waals surface area contributed by atoms with Crippen LogP contribution >= 0.6 is 0 Å². The van der Waals surface area contributed by atoms with E-state index in [2.05, 4.69) is 18.8 Å². The Hall–Kier alpha value is -1.09. The van der Waals surface area contributed by atoms with E-state index in [9.17, 15) is 4.79 Å². The van der Waals surface area contributed by atoms with Gasteiger partial charge in [0.05, 0.1) is 13.1 Å². The van der Waals surface area contributed by atoms with Crippen LogP contribution in [-0.2, 0) is 4.79 Å². The Morgan fingerprint density at radius 2 is 2.29 bits per heavy atom. The number of rotatable bonds is 4. The number of ketones is 1. The monoisotopic (exact) mass is 194 g/mol. The van der Waals surface area contributed by atoms with E-state index in [0.717, 1.165) is 25.0 Å². The quantitative estimate of drug-likeness (QED) is 0.705. The molecule has 0 saturated heterocycles. The highest BCUT2D eigenvalue weighted by Crippen LogP contribution is 2.25. The predicted molar refractivity (Wildman–Crippen MR) is 57.8 cm³/mol. The Bertz CT molecular complexity index is 279. The highest BCUT2D eigenvalue weighted by atomic mass is 16.1. The van der Waals surface area contributed by atoms with Crippen LogP contribution in [0.3, 0.4) is 0 Å². The van der Waals surface area contributed by atoms with E-state index in [1.54, 1.807) is 0 Å².